The molecule has 3 rings (SSSR count). The van der Waals surface area contributed by atoms with Crippen LogP contribution >= 0.6 is 11.8 Å². The summed E-state index contributed by atoms with van der Waals surface area (Å²) in [6.07, 6.45) is 0. The minimum Gasteiger partial charge on any atom is -0.341 e. The molecule has 0 aliphatic rings. The number of hydrogen-bond donors (Lipinski definition) is 3. The number of imide groups is 1. The normalized spacial score (nSPS) is 11.7. The molecule has 29 heavy (non-hydrogen) atoms. The Morgan fingerprint density at radius 2 is 1.52 bits per heavy atom. The monoisotopic (exact) mass is 408 g/mol. The zero-order valence-electron chi connectivity index (χ0n) is 16.9. The number of amides is 3. The maximum Gasteiger partial charge on any atom is 0.321 e. The Morgan fingerprint density at radius 1 is 0.966 bits per heavy atom. The summed E-state index contributed by atoms with van der Waals surface area (Å²) in [5.41, 5.74) is 6.10. The van der Waals surface area contributed by atoms with Gasteiger partial charge in [-0.25, -0.2) is 9.78 Å². The van der Waals surface area contributed by atoms with E-state index in [1.54, 1.807) is 6.92 Å². The first-order valence-corrected chi connectivity index (χ1v) is 10.2. The molecule has 0 saturated heterocycles. The highest BCUT2D eigenvalue weighted by Gasteiger charge is 2.21. The van der Waals surface area contributed by atoms with Gasteiger partial charge in [0.15, 0.2) is 5.16 Å². The highest BCUT2D eigenvalue weighted by molar-refractivity contribution is 8.00. The van der Waals surface area contributed by atoms with Crippen molar-refractivity contribution in [2.24, 2.45) is 0 Å². The highest BCUT2D eigenvalue weighted by Crippen LogP contribution is 2.34. The quantitative estimate of drug-likeness (QED) is 0.550. The molecule has 7 heteroatoms. The zero-order valence-corrected chi connectivity index (χ0v) is 17.7. The molecular formula is C22H24N4O2S. The number of hydrogen-bond acceptors (Lipinski definition) is 4. The van der Waals surface area contributed by atoms with Gasteiger partial charge in [-0.05, 0) is 20.8 Å². The van der Waals surface area contributed by atoms with Crippen LogP contribution in [-0.4, -0.2) is 34.2 Å². The molecule has 0 bridgehead atoms. The molecule has 3 N–H and O–H groups in total. The molecule has 0 spiro atoms. The summed E-state index contributed by atoms with van der Waals surface area (Å²) in [7, 11) is 1.47. The number of urea groups is 1. The molecule has 3 aromatic rings. The van der Waals surface area contributed by atoms with E-state index in [0.717, 1.165) is 22.5 Å². The summed E-state index contributed by atoms with van der Waals surface area (Å²) in [4.78, 5) is 31.7. The summed E-state index contributed by atoms with van der Waals surface area (Å²) in [5, 5.41) is 4.80. The Hall–Kier alpha value is -3.06. The number of carbonyl (C=O) groups excluding carboxylic acids is 2. The molecule has 0 fully saturated rings. The van der Waals surface area contributed by atoms with Gasteiger partial charge in [-0.2, -0.15) is 0 Å². The Kier molecular flexibility index (Phi) is 6.39. The average molecular weight is 409 g/mol. The van der Waals surface area contributed by atoms with Crippen LogP contribution in [0.25, 0.3) is 22.5 Å². The summed E-state index contributed by atoms with van der Waals surface area (Å²) < 4.78 is 0. The lowest BCUT2D eigenvalue weighted by Crippen LogP contribution is -2.41. The minimum atomic E-state index is -0.525. The van der Waals surface area contributed by atoms with Gasteiger partial charge < -0.3 is 10.3 Å². The number of H-pyrrole nitrogens is 1. The molecule has 2 aromatic carbocycles. The second-order valence-electron chi connectivity index (χ2n) is 6.83. The predicted molar refractivity (Wildman–Crippen MR) is 117 cm³/mol. The minimum absolute atomic E-state index is 0.375. The predicted octanol–water partition coefficient (Wildman–Crippen LogP) is 4.30. The molecular weight excluding hydrogens is 384 g/mol. The molecule has 0 radical (unpaired) electrons. The molecule has 6 nitrogen and oxygen atoms in total. The van der Waals surface area contributed by atoms with E-state index in [4.69, 9.17) is 4.98 Å². The van der Waals surface area contributed by atoms with Crippen LogP contribution < -0.4 is 10.6 Å². The van der Waals surface area contributed by atoms with Crippen LogP contribution in [0.4, 0.5) is 4.79 Å². The van der Waals surface area contributed by atoms with Crippen molar-refractivity contribution in [1.82, 2.24) is 20.6 Å². The third kappa shape index (κ3) is 5.06. The number of carbonyl (C=O) groups is 2. The van der Waals surface area contributed by atoms with Crippen LogP contribution in [0, 0.1) is 13.8 Å². The highest BCUT2D eigenvalue weighted by atomic mass is 32.2. The lowest BCUT2D eigenvalue weighted by atomic mass is 10.0. The van der Waals surface area contributed by atoms with Crippen molar-refractivity contribution in [2.75, 3.05) is 7.05 Å². The smallest absolute Gasteiger partial charge is 0.321 e. The molecule has 0 saturated carbocycles. The third-order valence-corrected chi connectivity index (χ3v) is 5.45. The maximum atomic E-state index is 12.2. The van der Waals surface area contributed by atoms with Crippen molar-refractivity contribution >= 4 is 23.7 Å². The second kappa shape index (κ2) is 8.96. The van der Waals surface area contributed by atoms with Crippen molar-refractivity contribution in [3.8, 4) is 22.5 Å². The summed E-state index contributed by atoms with van der Waals surface area (Å²) in [6, 6.07) is 15.9. The van der Waals surface area contributed by atoms with Crippen LogP contribution in [0.3, 0.4) is 0 Å². The van der Waals surface area contributed by atoms with Gasteiger partial charge in [-0.15, -0.1) is 0 Å². The molecule has 1 atom stereocenters. The largest absolute Gasteiger partial charge is 0.341 e. The first-order chi connectivity index (χ1) is 13.9. The van der Waals surface area contributed by atoms with E-state index in [1.807, 2.05) is 26.0 Å². The van der Waals surface area contributed by atoms with Crippen LogP contribution in [0.15, 0.2) is 53.7 Å². The number of nitrogens with zero attached hydrogens (tertiary/aromatic N) is 1. The number of rotatable bonds is 5. The maximum absolute atomic E-state index is 12.2. The molecule has 1 aromatic heterocycles. The summed E-state index contributed by atoms with van der Waals surface area (Å²) >= 11 is 1.28. The van der Waals surface area contributed by atoms with Gasteiger partial charge >= 0.3 is 6.03 Å². The fraction of sp³-hybridized carbons (Fsp3) is 0.227. The number of aryl methyl sites for hydroxylation is 2. The van der Waals surface area contributed by atoms with Gasteiger partial charge in [0.2, 0.25) is 5.91 Å². The van der Waals surface area contributed by atoms with Gasteiger partial charge in [0, 0.05) is 18.2 Å². The molecule has 0 aliphatic heterocycles. The number of benzene rings is 2. The van der Waals surface area contributed by atoms with E-state index in [2.05, 4.69) is 52.0 Å². The number of nitrogens with one attached hydrogen (secondary N) is 3. The van der Waals surface area contributed by atoms with Gasteiger partial charge in [-0.3, -0.25) is 10.1 Å². The number of thioether (sulfide) groups is 1. The number of imidazole rings is 1. The summed E-state index contributed by atoms with van der Waals surface area (Å²) in [5.74, 6) is -0.375. The molecule has 0 unspecified atom stereocenters. The number of aromatic amines is 1. The molecule has 1 heterocycles. The van der Waals surface area contributed by atoms with Crippen molar-refractivity contribution in [3.05, 3.63) is 59.7 Å². The van der Waals surface area contributed by atoms with E-state index in [0.29, 0.717) is 5.16 Å². The first-order valence-electron chi connectivity index (χ1n) is 9.30. The van der Waals surface area contributed by atoms with E-state index >= 15 is 0 Å². The fourth-order valence-corrected chi connectivity index (χ4v) is 3.56. The fourth-order valence-electron chi connectivity index (χ4n) is 2.75. The average Bonchev–Trinajstić information content (AvgIpc) is 3.12. The van der Waals surface area contributed by atoms with E-state index in [-0.39, 0.29) is 5.91 Å². The van der Waals surface area contributed by atoms with Gasteiger partial charge in [0.1, 0.15) is 0 Å². The van der Waals surface area contributed by atoms with E-state index in [9.17, 15) is 9.59 Å². The van der Waals surface area contributed by atoms with Crippen LogP contribution in [0.1, 0.15) is 18.1 Å². The molecule has 150 valence electrons. The van der Waals surface area contributed by atoms with Gasteiger partial charge in [0.25, 0.3) is 0 Å². The van der Waals surface area contributed by atoms with Crippen LogP contribution in [-0.2, 0) is 4.79 Å². The van der Waals surface area contributed by atoms with Crippen molar-refractivity contribution < 1.29 is 9.59 Å². The lowest BCUT2D eigenvalue weighted by Gasteiger charge is -2.08. The molecule has 0 aliphatic carbocycles. The second-order valence-corrected chi connectivity index (χ2v) is 8.16. The SMILES string of the molecule is CNC(=O)NC(=O)[C@H](C)Sc1nc(-c2ccc(C)cc2)c(-c2ccc(C)cc2)[nH]1. The standard InChI is InChI=1S/C22H24N4O2S/c1-13-5-9-16(10-6-13)18-19(17-11-7-14(2)8-12-17)25-22(24-18)29-15(3)20(27)26-21(28)23-4/h5-12,15H,1-4H3,(H,24,25)(H2,23,26,27,28)/t15-/m0/s1. The van der Waals surface area contributed by atoms with Gasteiger partial charge in [-0.1, -0.05) is 71.4 Å². The van der Waals surface area contributed by atoms with Crippen molar-refractivity contribution in [1.29, 1.82) is 0 Å². The molecule has 3 amide bonds. The Balaban J connectivity index is 1.94. The summed E-state index contributed by atoms with van der Waals surface area (Å²) in [6.45, 7) is 5.83. The lowest BCUT2D eigenvalue weighted by molar-refractivity contribution is -0.119. The van der Waals surface area contributed by atoms with E-state index < -0.39 is 11.3 Å². The van der Waals surface area contributed by atoms with E-state index in [1.165, 1.54) is 29.9 Å². The van der Waals surface area contributed by atoms with Crippen molar-refractivity contribution in [2.45, 2.75) is 31.2 Å². The third-order valence-electron chi connectivity index (χ3n) is 4.47. The first kappa shape index (κ1) is 20.7. The Morgan fingerprint density at radius 3 is 2.07 bits per heavy atom. The Labute approximate surface area is 174 Å². The van der Waals surface area contributed by atoms with Gasteiger partial charge in [0.05, 0.1) is 16.6 Å². The topological polar surface area (TPSA) is 86.9 Å². The van der Waals surface area contributed by atoms with Crippen LogP contribution in [0.5, 0.6) is 0 Å². The van der Waals surface area contributed by atoms with Crippen molar-refractivity contribution in [3.63, 3.8) is 0 Å². The number of aromatic nitrogens is 2. The van der Waals surface area contributed by atoms with Crippen LogP contribution in [0.2, 0.25) is 0 Å². The Bertz CT molecular complexity index is 947. The zero-order chi connectivity index (χ0) is 21.0.